The molecule has 3 heteroatoms. The summed E-state index contributed by atoms with van der Waals surface area (Å²) < 4.78 is 0. The predicted molar refractivity (Wildman–Crippen MR) is 91.8 cm³/mol. The van der Waals surface area contributed by atoms with E-state index in [-0.39, 0.29) is 17.9 Å². The van der Waals surface area contributed by atoms with Crippen molar-refractivity contribution in [2.24, 2.45) is 5.92 Å². The van der Waals surface area contributed by atoms with Crippen LogP contribution in [0.25, 0.3) is 0 Å². The van der Waals surface area contributed by atoms with Gasteiger partial charge in [-0.1, -0.05) is 57.4 Å². The van der Waals surface area contributed by atoms with Crippen LogP contribution in [0.15, 0.2) is 24.3 Å². The monoisotopic (exact) mass is 302 g/mol. The Morgan fingerprint density at radius 3 is 2.68 bits per heavy atom. The van der Waals surface area contributed by atoms with Gasteiger partial charge in [-0.05, 0) is 36.9 Å². The van der Waals surface area contributed by atoms with Crippen LogP contribution in [-0.4, -0.2) is 19.0 Å². The highest BCUT2D eigenvalue weighted by molar-refractivity contribution is 5.78. The van der Waals surface area contributed by atoms with Crippen LogP contribution in [0.2, 0.25) is 0 Å². The quantitative estimate of drug-likeness (QED) is 0.896. The summed E-state index contributed by atoms with van der Waals surface area (Å²) in [4.78, 5) is 12.2. The molecule has 22 heavy (non-hydrogen) atoms. The molecule has 0 saturated heterocycles. The molecule has 2 aliphatic rings. The van der Waals surface area contributed by atoms with Gasteiger partial charge in [0.25, 0.3) is 0 Å². The number of hydrogen-bond acceptors (Lipinski definition) is 2. The number of fused-ring (bicyclic) bond motifs is 1. The van der Waals surface area contributed by atoms with E-state index in [0.29, 0.717) is 6.54 Å². The zero-order valence-corrected chi connectivity index (χ0v) is 14.0. The van der Waals surface area contributed by atoms with Crippen molar-refractivity contribution in [3.05, 3.63) is 35.4 Å². The lowest BCUT2D eigenvalue weighted by Gasteiger charge is -2.28. The van der Waals surface area contributed by atoms with Crippen molar-refractivity contribution in [2.75, 3.05) is 13.1 Å². The van der Waals surface area contributed by atoms with Crippen LogP contribution in [0.1, 0.15) is 63.1 Å². The lowest BCUT2D eigenvalue weighted by atomic mass is 9.88. The predicted octanol–water partition coefficient (Wildman–Crippen LogP) is 3.60. The highest BCUT2D eigenvalue weighted by Gasteiger charge is 2.23. The van der Waals surface area contributed by atoms with Gasteiger partial charge >= 0.3 is 0 Å². The van der Waals surface area contributed by atoms with E-state index < -0.39 is 0 Å². The zero-order valence-electron chi connectivity index (χ0n) is 14.0. The molecule has 1 saturated carbocycles. The standard InChI is InChI=1S/C17H24N2O.C2H6/c20-17(14-7-2-1-3-8-14)19-12-16-15-9-5-4-6-13(15)10-11-18-16;1-2/h4-6,9,14,16,18H,1-3,7-8,10-12H2,(H,19,20);1-2H3. The minimum Gasteiger partial charge on any atom is -0.354 e. The van der Waals surface area contributed by atoms with Gasteiger partial charge in [0.1, 0.15) is 0 Å². The third kappa shape index (κ3) is 4.33. The van der Waals surface area contributed by atoms with Crippen molar-refractivity contribution < 1.29 is 4.79 Å². The van der Waals surface area contributed by atoms with Crippen LogP contribution in [0.3, 0.4) is 0 Å². The summed E-state index contributed by atoms with van der Waals surface area (Å²) in [6.45, 7) is 5.72. The molecule has 1 aromatic carbocycles. The average Bonchev–Trinajstić information content (AvgIpc) is 2.62. The first-order chi connectivity index (χ1) is 10.8. The first-order valence-corrected chi connectivity index (χ1v) is 8.93. The topological polar surface area (TPSA) is 41.1 Å². The highest BCUT2D eigenvalue weighted by Crippen LogP contribution is 2.25. The molecule has 3 nitrogen and oxygen atoms in total. The fraction of sp³-hybridized carbons (Fsp3) is 0.632. The summed E-state index contributed by atoms with van der Waals surface area (Å²) in [5, 5.41) is 6.68. The number of rotatable bonds is 3. The number of carbonyl (C=O) groups excluding carboxylic acids is 1. The second-order valence-electron chi connectivity index (χ2n) is 6.04. The molecule has 1 aliphatic heterocycles. The summed E-state index contributed by atoms with van der Waals surface area (Å²) >= 11 is 0. The van der Waals surface area contributed by atoms with Crippen molar-refractivity contribution >= 4 is 5.91 Å². The lowest BCUT2D eigenvalue weighted by molar-refractivity contribution is -0.126. The molecular weight excluding hydrogens is 272 g/mol. The van der Waals surface area contributed by atoms with Crippen molar-refractivity contribution in [1.29, 1.82) is 0 Å². The molecule has 0 bridgehead atoms. The zero-order chi connectivity index (χ0) is 15.8. The Balaban J connectivity index is 0.000000847. The average molecular weight is 302 g/mol. The molecule has 1 amide bonds. The van der Waals surface area contributed by atoms with E-state index in [1.165, 1.54) is 30.4 Å². The Bertz CT molecular complexity index is 466. The first-order valence-electron chi connectivity index (χ1n) is 8.93. The molecular formula is C19H30N2O. The SMILES string of the molecule is CC.O=C(NCC1NCCc2ccccc21)C1CCCCC1. The number of nitrogens with one attached hydrogen (secondary N) is 2. The fourth-order valence-corrected chi connectivity index (χ4v) is 3.49. The van der Waals surface area contributed by atoms with Crippen LogP contribution in [0, 0.1) is 5.92 Å². The van der Waals surface area contributed by atoms with Crippen LogP contribution in [-0.2, 0) is 11.2 Å². The molecule has 1 aromatic rings. The molecule has 1 unspecified atom stereocenters. The van der Waals surface area contributed by atoms with Gasteiger partial charge in [0, 0.05) is 18.5 Å². The highest BCUT2D eigenvalue weighted by atomic mass is 16.1. The van der Waals surface area contributed by atoms with Crippen molar-refractivity contribution in [3.8, 4) is 0 Å². The number of benzene rings is 1. The van der Waals surface area contributed by atoms with E-state index in [9.17, 15) is 4.79 Å². The molecule has 122 valence electrons. The minimum atomic E-state index is 0.252. The Labute approximate surface area is 134 Å². The third-order valence-electron chi connectivity index (χ3n) is 4.67. The van der Waals surface area contributed by atoms with E-state index in [2.05, 4.69) is 34.9 Å². The van der Waals surface area contributed by atoms with Gasteiger partial charge in [0.05, 0.1) is 0 Å². The van der Waals surface area contributed by atoms with Gasteiger partial charge in [-0.15, -0.1) is 0 Å². The maximum Gasteiger partial charge on any atom is 0.223 e. The Morgan fingerprint density at radius 1 is 1.18 bits per heavy atom. The summed E-state index contributed by atoms with van der Waals surface area (Å²) in [7, 11) is 0. The Hall–Kier alpha value is -1.35. The number of hydrogen-bond donors (Lipinski definition) is 2. The summed E-state index contributed by atoms with van der Waals surface area (Å²) in [6.07, 6.45) is 6.94. The summed E-state index contributed by atoms with van der Waals surface area (Å²) in [6, 6.07) is 8.83. The van der Waals surface area contributed by atoms with Crippen LogP contribution in [0.5, 0.6) is 0 Å². The third-order valence-corrected chi connectivity index (χ3v) is 4.67. The number of carbonyl (C=O) groups is 1. The van der Waals surface area contributed by atoms with Crippen LogP contribution < -0.4 is 10.6 Å². The molecule has 3 rings (SSSR count). The van der Waals surface area contributed by atoms with Crippen LogP contribution >= 0.6 is 0 Å². The fourth-order valence-electron chi connectivity index (χ4n) is 3.49. The van der Waals surface area contributed by atoms with E-state index in [1.807, 2.05) is 13.8 Å². The van der Waals surface area contributed by atoms with Crippen molar-refractivity contribution in [2.45, 2.75) is 58.4 Å². The molecule has 0 spiro atoms. The first kappa shape index (κ1) is 17.0. The second-order valence-corrected chi connectivity index (χ2v) is 6.04. The van der Waals surface area contributed by atoms with Crippen molar-refractivity contribution in [3.63, 3.8) is 0 Å². The van der Waals surface area contributed by atoms with E-state index >= 15 is 0 Å². The lowest BCUT2D eigenvalue weighted by Crippen LogP contribution is -2.41. The van der Waals surface area contributed by atoms with Gasteiger partial charge in [-0.3, -0.25) is 4.79 Å². The molecule has 0 aromatic heterocycles. The summed E-state index contributed by atoms with van der Waals surface area (Å²) in [5.74, 6) is 0.511. The van der Waals surface area contributed by atoms with Gasteiger partial charge in [0.2, 0.25) is 5.91 Å². The van der Waals surface area contributed by atoms with E-state index in [0.717, 1.165) is 25.8 Å². The number of amides is 1. The van der Waals surface area contributed by atoms with Gasteiger partial charge in [0.15, 0.2) is 0 Å². The summed E-state index contributed by atoms with van der Waals surface area (Å²) in [5.41, 5.74) is 2.77. The van der Waals surface area contributed by atoms with Gasteiger partial charge in [-0.25, -0.2) is 0 Å². The largest absolute Gasteiger partial charge is 0.354 e. The molecule has 1 aliphatic carbocycles. The normalized spacial score (nSPS) is 21.3. The van der Waals surface area contributed by atoms with Crippen molar-refractivity contribution in [1.82, 2.24) is 10.6 Å². The molecule has 1 atom stereocenters. The van der Waals surface area contributed by atoms with E-state index in [4.69, 9.17) is 0 Å². The smallest absolute Gasteiger partial charge is 0.223 e. The maximum atomic E-state index is 12.2. The molecule has 1 heterocycles. The molecule has 2 N–H and O–H groups in total. The molecule has 1 fully saturated rings. The Morgan fingerprint density at radius 2 is 1.91 bits per heavy atom. The van der Waals surface area contributed by atoms with Gasteiger partial charge in [-0.2, -0.15) is 0 Å². The van der Waals surface area contributed by atoms with E-state index in [1.54, 1.807) is 0 Å². The maximum absolute atomic E-state index is 12.2. The Kier molecular flexibility index (Phi) is 6.91. The minimum absolute atomic E-state index is 0.252. The second kappa shape index (κ2) is 8.94. The van der Waals surface area contributed by atoms with Crippen LogP contribution in [0.4, 0.5) is 0 Å². The van der Waals surface area contributed by atoms with Gasteiger partial charge < -0.3 is 10.6 Å². The molecule has 0 radical (unpaired) electrons.